The maximum absolute atomic E-state index is 12.8. The lowest BCUT2D eigenvalue weighted by molar-refractivity contribution is 0.102. The fourth-order valence-electron chi connectivity index (χ4n) is 2.91. The molecule has 0 aliphatic carbocycles. The highest BCUT2D eigenvalue weighted by atomic mass is 35.5. The van der Waals surface area contributed by atoms with Gasteiger partial charge in [0.25, 0.3) is 5.91 Å². The van der Waals surface area contributed by atoms with E-state index in [-0.39, 0.29) is 32.9 Å². The van der Waals surface area contributed by atoms with E-state index in [4.69, 9.17) is 39.1 Å². The lowest BCUT2D eigenvalue weighted by Crippen LogP contribution is -2.25. The van der Waals surface area contributed by atoms with Crippen molar-refractivity contribution in [1.82, 2.24) is 0 Å². The van der Waals surface area contributed by atoms with Crippen LogP contribution < -0.4 is 20.1 Å². The van der Waals surface area contributed by atoms with Gasteiger partial charge in [0.1, 0.15) is 5.75 Å². The van der Waals surface area contributed by atoms with Crippen LogP contribution in [0.25, 0.3) is 0 Å². The lowest BCUT2D eigenvalue weighted by Gasteiger charge is -2.18. The number of anilines is 2. The van der Waals surface area contributed by atoms with Gasteiger partial charge in [-0.15, -0.1) is 0 Å². The van der Waals surface area contributed by atoms with Crippen molar-refractivity contribution < 1.29 is 17.9 Å². The van der Waals surface area contributed by atoms with Crippen LogP contribution in [0.4, 0.5) is 11.4 Å². The summed E-state index contributed by atoms with van der Waals surface area (Å²) >= 11 is 12.3. The van der Waals surface area contributed by atoms with Crippen molar-refractivity contribution in [2.24, 2.45) is 5.73 Å². The number of halogens is 2. The van der Waals surface area contributed by atoms with Gasteiger partial charge in [-0.1, -0.05) is 23.2 Å². The van der Waals surface area contributed by atoms with Crippen molar-refractivity contribution in [2.45, 2.75) is 6.42 Å². The Morgan fingerprint density at radius 3 is 2.63 bits per heavy atom. The standard InChI is InChI=1S/C19H18Cl2N4O4S/c20-12-6-13(8-15(7-12)29-16(10-22)11-23)24-19(26)17-9-14(2-3-18(17)21)25-4-1-5-30(25,27)28/h2-3,6-11,22H,1,4-5,23H2,(H,24,26). The molecule has 8 nitrogen and oxygen atoms in total. The zero-order chi connectivity index (χ0) is 21.9. The number of carbonyl (C=O) groups excluding carboxylic acids is 1. The largest absolute Gasteiger partial charge is 0.454 e. The molecule has 0 unspecified atom stereocenters. The topological polar surface area (TPSA) is 126 Å². The number of hydrogen-bond donors (Lipinski definition) is 3. The second-order valence-corrected chi connectivity index (χ2v) is 9.21. The van der Waals surface area contributed by atoms with Crippen molar-refractivity contribution in [3.8, 4) is 5.75 Å². The van der Waals surface area contributed by atoms with Gasteiger partial charge in [-0.05, 0) is 36.8 Å². The molecule has 2 aromatic rings. The molecule has 4 N–H and O–H groups in total. The third kappa shape index (κ3) is 4.86. The zero-order valence-corrected chi connectivity index (χ0v) is 17.9. The first kappa shape index (κ1) is 21.9. The highest BCUT2D eigenvalue weighted by molar-refractivity contribution is 7.93. The second kappa shape index (κ2) is 8.95. The Morgan fingerprint density at radius 2 is 2.00 bits per heavy atom. The van der Waals surface area contributed by atoms with Crippen LogP contribution in [0.2, 0.25) is 10.0 Å². The SMILES string of the molecule is N=CC(=CN)Oc1cc(Cl)cc(NC(=O)c2cc(N3CCCS3(=O)=O)ccc2Cl)c1. The van der Waals surface area contributed by atoms with Crippen molar-refractivity contribution in [3.05, 3.63) is 64.0 Å². The molecule has 1 amide bonds. The van der Waals surface area contributed by atoms with Gasteiger partial charge in [-0.25, -0.2) is 8.42 Å². The second-order valence-electron chi connectivity index (χ2n) is 6.35. The Kier molecular flexibility index (Phi) is 6.55. The molecule has 0 spiro atoms. The molecule has 158 valence electrons. The van der Waals surface area contributed by atoms with Gasteiger partial charge in [-0.2, -0.15) is 0 Å². The average Bonchev–Trinajstić information content (AvgIpc) is 3.05. The molecule has 1 aliphatic heterocycles. The van der Waals surface area contributed by atoms with Gasteiger partial charge in [-0.3, -0.25) is 9.10 Å². The number of sulfonamides is 1. The molecular formula is C19H18Cl2N4O4S. The highest BCUT2D eigenvalue weighted by Crippen LogP contribution is 2.30. The molecule has 0 aromatic heterocycles. The summed E-state index contributed by atoms with van der Waals surface area (Å²) in [4.78, 5) is 12.8. The van der Waals surface area contributed by atoms with E-state index in [1.807, 2.05) is 0 Å². The molecule has 1 aliphatic rings. The minimum atomic E-state index is -3.39. The first-order chi connectivity index (χ1) is 14.2. The summed E-state index contributed by atoms with van der Waals surface area (Å²) in [5, 5.41) is 10.3. The van der Waals surface area contributed by atoms with Crippen LogP contribution >= 0.6 is 23.2 Å². The predicted molar refractivity (Wildman–Crippen MR) is 118 cm³/mol. The summed E-state index contributed by atoms with van der Waals surface area (Å²) in [7, 11) is -3.39. The van der Waals surface area contributed by atoms with E-state index in [1.165, 1.54) is 34.6 Å². The van der Waals surface area contributed by atoms with Gasteiger partial charge < -0.3 is 21.2 Å². The van der Waals surface area contributed by atoms with Gasteiger partial charge in [0.2, 0.25) is 10.0 Å². The summed E-state index contributed by atoms with van der Waals surface area (Å²) in [5.41, 5.74) is 6.17. The lowest BCUT2D eigenvalue weighted by atomic mass is 10.1. The summed E-state index contributed by atoms with van der Waals surface area (Å²) in [6.45, 7) is 0.351. The number of rotatable bonds is 6. The quantitative estimate of drug-likeness (QED) is 0.440. The molecule has 0 bridgehead atoms. The molecule has 0 saturated carbocycles. The molecule has 1 saturated heterocycles. The van der Waals surface area contributed by atoms with Crippen LogP contribution in [0.15, 0.2) is 48.4 Å². The number of amides is 1. The van der Waals surface area contributed by atoms with Gasteiger partial charge >= 0.3 is 0 Å². The Labute approximate surface area is 183 Å². The van der Waals surface area contributed by atoms with Crippen LogP contribution in [-0.4, -0.2) is 32.8 Å². The molecule has 1 heterocycles. The van der Waals surface area contributed by atoms with Crippen molar-refractivity contribution >= 4 is 56.7 Å². The number of carbonyl (C=O) groups is 1. The van der Waals surface area contributed by atoms with Crippen LogP contribution in [0.3, 0.4) is 0 Å². The first-order valence-corrected chi connectivity index (χ1v) is 11.1. The summed E-state index contributed by atoms with van der Waals surface area (Å²) in [6.07, 6.45) is 2.56. The molecular weight excluding hydrogens is 451 g/mol. The Balaban J connectivity index is 1.87. The van der Waals surface area contributed by atoms with E-state index in [9.17, 15) is 13.2 Å². The molecule has 0 radical (unpaired) electrons. The fourth-order valence-corrected chi connectivity index (χ4v) is 4.90. The predicted octanol–water partition coefficient (Wildman–Crippen LogP) is 3.61. The van der Waals surface area contributed by atoms with Crippen LogP contribution in [-0.2, 0) is 10.0 Å². The summed E-state index contributed by atoms with van der Waals surface area (Å²) < 4.78 is 31.0. The average molecular weight is 469 g/mol. The number of nitrogens with zero attached hydrogens (tertiary/aromatic N) is 1. The molecule has 0 atom stereocenters. The molecule has 11 heteroatoms. The third-order valence-corrected chi connectivity index (χ3v) is 6.67. The Morgan fingerprint density at radius 1 is 1.23 bits per heavy atom. The van der Waals surface area contributed by atoms with Gasteiger partial charge in [0.15, 0.2) is 5.76 Å². The number of nitrogens with one attached hydrogen (secondary N) is 2. The van der Waals surface area contributed by atoms with Crippen molar-refractivity contribution in [3.63, 3.8) is 0 Å². The van der Waals surface area contributed by atoms with Crippen molar-refractivity contribution in [2.75, 3.05) is 21.9 Å². The van der Waals surface area contributed by atoms with Crippen LogP contribution in [0, 0.1) is 5.41 Å². The summed E-state index contributed by atoms with van der Waals surface area (Å²) in [5.74, 6) is -0.122. The smallest absolute Gasteiger partial charge is 0.257 e. The van der Waals surface area contributed by atoms with Crippen LogP contribution in [0.1, 0.15) is 16.8 Å². The fraction of sp³-hybridized carbons (Fsp3) is 0.158. The number of benzene rings is 2. The van der Waals surface area contributed by atoms with Crippen molar-refractivity contribution in [1.29, 1.82) is 5.41 Å². The van der Waals surface area contributed by atoms with E-state index in [0.29, 0.717) is 24.3 Å². The Hall–Kier alpha value is -2.75. The molecule has 3 rings (SSSR count). The highest BCUT2D eigenvalue weighted by Gasteiger charge is 2.29. The minimum Gasteiger partial charge on any atom is -0.454 e. The van der Waals surface area contributed by atoms with Gasteiger partial charge in [0, 0.05) is 29.5 Å². The number of ether oxygens (including phenoxy) is 1. The number of hydrogen-bond acceptors (Lipinski definition) is 6. The minimum absolute atomic E-state index is 0.0669. The van der Waals surface area contributed by atoms with E-state index in [0.717, 1.165) is 12.4 Å². The molecule has 30 heavy (non-hydrogen) atoms. The van der Waals surface area contributed by atoms with E-state index < -0.39 is 15.9 Å². The maximum atomic E-state index is 12.8. The monoisotopic (exact) mass is 468 g/mol. The summed E-state index contributed by atoms with van der Waals surface area (Å²) in [6, 6.07) is 8.98. The number of nitrogens with two attached hydrogens (primary N) is 1. The third-order valence-electron chi connectivity index (χ3n) is 4.25. The Bertz CT molecular complexity index is 1140. The zero-order valence-electron chi connectivity index (χ0n) is 15.6. The normalized spacial score (nSPS) is 15.7. The molecule has 2 aromatic carbocycles. The maximum Gasteiger partial charge on any atom is 0.257 e. The first-order valence-electron chi connectivity index (χ1n) is 8.75. The van der Waals surface area contributed by atoms with E-state index >= 15 is 0 Å². The van der Waals surface area contributed by atoms with Crippen LogP contribution in [0.5, 0.6) is 5.75 Å². The number of allylic oxidation sites excluding steroid dienone is 1. The molecule has 1 fully saturated rings. The van der Waals surface area contributed by atoms with E-state index in [1.54, 1.807) is 6.07 Å². The van der Waals surface area contributed by atoms with Gasteiger partial charge in [0.05, 0.1) is 28.2 Å². The van der Waals surface area contributed by atoms with E-state index in [2.05, 4.69) is 5.32 Å².